The Labute approximate surface area is 119 Å². The Hall–Kier alpha value is -1.46. The summed E-state index contributed by atoms with van der Waals surface area (Å²) in [5, 5.41) is 10.6. The van der Waals surface area contributed by atoms with Gasteiger partial charge in [0.1, 0.15) is 5.75 Å². The lowest BCUT2D eigenvalue weighted by Gasteiger charge is -2.28. The van der Waals surface area contributed by atoms with E-state index in [4.69, 9.17) is 18.9 Å². The molecule has 0 saturated carbocycles. The minimum atomic E-state index is -0.589. The molecule has 1 atom stereocenters. The van der Waals surface area contributed by atoms with Crippen molar-refractivity contribution in [3.05, 3.63) is 17.7 Å². The quantitative estimate of drug-likeness (QED) is 0.897. The average Bonchev–Trinajstić information content (AvgIpc) is 2.53. The summed E-state index contributed by atoms with van der Waals surface area (Å²) in [4.78, 5) is 0. The standard InChI is InChI=1S/C15H22O5/c1-17-12-9-14(19-3)13(18-2)8-11(12)15(16)10-4-6-20-7-5-10/h8-10,15-16H,4-7H2,1-3H3. The second-order valence-electron chi connectivity index (χ2n) is 4.84. The molecule has 1 fully saturated rings. The maximum atomic E-state index is 10.6. The lowest BCUT2D eigenvalue weighted by atomic mass is 9.89. The van der Waals surface area contributed by atoms with Crippen LogP contribution in [0.1, 0.15) is 24.5 Å². The van der Waals surface area contributed by atoms with Crippen LogP contribution in [0.5, 0.6) is 17.2 Å². The fourth-order valence-electron chi connectivity index (χ4n) is 2.57. The van der Waals surface area contributed by atoms with Crippen molar-refractivity contribution in [2.24, 2.45) is 5.92 Å². The van der Waals surface area contributed by atoms with E-state index in [1.54, 1.807) is 33.5 Å². The first-order chi connectivity index (χ1) is 9.71. The minimum Gasteiger partial charge on any atom is -0.496 e. The minimum absolute atomic E-state index is 0.177. The molecule has 1 aliphatic rings. The Morgan fingerprint density at radius 1 is 1.00 bits per heavy atom. The van der Waals surface area contributed by atoms with Crippen molar-refractivity contribution >= 4 is 0 Å². The lowest BCUT2D eigenvalue weighted by molar-refractivity contribution is 0.00627. The highest BCUT2D eigenvalue weighted by atomic mass is 16.5. The van der Waals surface area contributed by atoms with Gasteiger partial charge < -0.3 is 24.1 Å². The molecule has 2 rings (SSSR count). The van der Waals surface area contributed by atoms with Crippen molar-refractivity contribution in [3.8, 4) is 17.2 Å². The zero-order chi connectivity index (χ0) is 14.5. The lowest BCUT2D eigenvalue weighted by Crippen LogP contribution is -2.22. The molecule has 112 valence electrons. The first-order valence-corrected chi connectivity index (χ1v) is 6.77. The summed E-state index contributed by atoms with van der Waals surface area (Å²) in [5.41, 5.74) is 0.733. The van der Waals surface area contributed by atoms with Gasteiger partial charge in [-0.2, -0.15) is 0 Å². The summed E-state index contributed by atoms with van der Waals surface area (Å²) in [5.74, 6) is 1.97. The van der Waals surface area contributed by atoms with Gasteiger partial charge in [0.15, 0.2) is 11.5 Å². The highest BCUT2D eigenvalue weighted by molar-refractivity contribution is 5.51. The van der Waals surface area contributed by atoms with Crippen molar-refractivity contribution in [1.29, 1.82) is 0 Å². The van der Waals surface area contributed by atoms with Crippen LogP contribution >= 0.6 is 0 Å². The summed E-state index contributed by atoms with van der Waals surface area (Å²) in [6, 6.07) is 3.54. The topological polar surface area (TPSA) is 57.2 Å². The molecule has 5 nitrogen and oxygen atoms in total. The smallest absolute Gasteiger partial charge is 0.164 e. The molecule has 0 amide bonds. The van der Waals surface area contributed by atoms with Gasteiger partial charge in [-0.25, -0.2) is 0 Å². The third-order valence-corrected chi connectivity index (χ3v) is 3.77. The van der Waals surface area contributed by atoms with Gasteiger partial charge in [0, 0.05) is 24.8 Å². The monoisotopic (exact) mass is 282 g/mol. The third kappa shape index (κ3) is 2.99. The maximum absolute atomic E-state index is 10.6. The molecule has 0 bridgehead atoms. The third-order valence-electron chi connectivity index (χ3n) is 3.77. The number of aliphatic hydroxyl groups excluding tert-OH is 1. The van der Waals surface area contributed by atoms with Crippen molar-refractivity contribution in [2.75, 3.05) is 34.5 Å². The Kier molecular flexibility index (Phi) is 5.09. The van der Waals surface area contributed by atoms with Crippen LogP contribution in [0.2, 0.25) is 0 Å². The molecule has 1 aliphatic heterocycles. The summed E-state index contributed by atoms with van der Waals surface area (Å²) in [6.45, 7) is 1.38. The SMILES string of the molecule is COc1cc(OC)c(C(O)C2CCOCC2)cc1OC. The molecule has 5 heteroatoms. The van der Waals surface area contributed by atoms with Crippen LogP contribution in [-0.4, -0.2) is 39.6 Å². The second-order valence-corrected chi connectivity index (χ2v) is 4.84. The Morgan fingerprint density at radius 3 is 2.10 bits per heavy atom. The molecule has 20 heavy (non-hydrogen) atoms. The number of rotatable bonds is 5. The van der Waals surface area contributed by atoms with E-state index >= 15 is 0 Å². The molecule has 1 saturated heterocycles. The van der Waals surface area contributed by atoms with Crippen LogP contribution in [0.15, 0.2) is 12.1 Å². The van der Waals surface area contributed by atoms with Crippen molar-refractivity contribution in [1.82, 2.24) is 0 Å². The fourth-order valence-corrected chi connectivity index (χ4v) is 2.57. The maximum Gasteiger partial charge on any atom is 0.164 e. The van der Waals surface area contributed by atoms with E-state index in [0.717, 1.165) is 18.4 Å². The van der Waals surface area contributed by atoms with Gasteiger partial charge in [-0.3, -0.25) is 0 Å². The van der Waals surface area contributed by atoms with Crippen LogP contribution in [0.3, 0.4) is 0 Å². The molecule has 0 aromatic heterocycles. The number of methoxy groups -OCH3 is 3. The van der Waals surface area contributed by atoms with Gasteiger partial charge in [0.05, 0.1) is 27.4 Å². The van der Waals surface area contributed by atoms with E-state index in [0.29, 0.717) is 30.5 Å². The fraction of sp³-hybridized carbons (Fsp3) is 0.600. The molecule has 1 aromatic rings. The number of hydrogen-bond acceptors (Lipinski definition) is 5. The second kappa shape index (κ2) is 6.81. The Bertz CT molecular complexity index is 440. The average molecular weight is 282 g/mol. The van der Waals surface area contributed by atoms with Gasteiger partial charge >= 0.3 is 0 Å². The van der Waals surface area contributed by atoms with E-state index < -0.39 is 6.10 Å². The van der Waals surface area contributed by atoms with Gasteiger partial charge in [-0.05, 0) is 24.8 Å². The molecule has 0 spiro atoms. The van der Waals surface area contributed by atoms with Crippen LogP contribution in [0, 0.1) is 5.92 Å². The van der Waals surface area contributed by atoms with Gasteiger partial charge in [0.25, 0.3) is 0 Å². The zero-order valence-electron chi connectivity index (χ0n) is 12.2. The molecule has 1 aromatic carbocycles. The molecule has 1 N–H and O–H groups in total. The van der Waals surface area contributed by atoms with E-state index in [1.807, 2.05) is 0 Å². The number of hydrogen-bond donors (Lipinski definition) is 1. The van der Waals surface area contributed by atoms with Crippen LogP contribution < -0.4 is 14.2 Å². The van der Waals surface area contributed by atoms with Crippen molar-refractivity contribution < 1.29 is 24.1 Å². The largest absolute Gasteiger partial charge is 0.496 e. The first kappa shape index (κ1) is 14.9. The summed E-state index contributed by atoms with van der Waals surface area (Å²) >= 11 is 0. The molecule has 0 aliphatic carbocycles. The highest BCUT2D eigenvalue weighted by Gasteiger charge is 2.27. The predicted octanol–water partition coefficient (Wildman–Crippen LogP) is 2.17. The van der Waals surface area contributed by atoms with Crippen LogP contribution in [0.4, 0.5) is 0 Å². The van der Waals surface area contributed by atoms with Gasteiger partial charge in [0.2, 0.25) is 0 Å². The molecule has 0 radical (unpaired) electrons. The van der Waals surface area contributed by atoms with Crippen LogP contribution in [0.25, 0.3) is 0 Å². The van der Waals surface area contributed by atoms with Crippen LogP contribution in [-0.2, 0) is 4.74 Å². The predicted molar refractivity (Wildman–Crippen MR) is 74.6 cm³/mol. The Balaban J connectivity index is 2.32. The number of benzene rings is 1. The molecular weight excluding hydrogens is 260 g/mol. The summed E-state index contributed by atoms with van der Waals surface area (Å²) < 4.78 is 21.3. The van der Waals surface area contributed by atoms with Gasteiger partial charge in [-0.1, -0.05) is 0 Å². The first-order valence-electron chi connectivity index (χ1n) is 6.77. The Morgan fingerprint density at radius 2 is 1.55 bits per heavy atom. The summed E-state index contributed by atoms with van der Waals surface area (Å²) in [7, 11) is 4.74. The normalized spacial score (nSPS) is 17.6. The molecule has 1 heterocycles. The number of ether oxygens (including phenoxy) is 4. The molecule has 1 unspecified atom stereocenters. The van der Waals surface area contributed by atoms with E-state index in [-0.39, 0.29) is 5.92 Å². The van der Waals surface area contributed by atoms with Crippen molar-refractivity contribution in [2.45, 2.75) is 18.9 Å². The van der Waals surface area contributed by atoms with E-state index in [2.05, 4.69) is 0 Å². The zero-order valence-corrected chi connectivity index (χ0v) is 12.2. The molecular formula is C15H22O5. The van der Waals surface area contributed by atoms with E-state index in [1.165, 1.54) is 0 Å². The summed E-state index contributed by atoms with van der Waals surface area (Å²) in [6.07, 6.45) is 1.10. The number of aliphatic hydroxyl groups is 1. The van der Waals surface area contributed by atoms with Gasteiger partial charge in [-0.15, -0.1) is 0 Å². The highest BCUT2D eigenvalue weighted by Crippen LogP contribution is 2.41. The van der Waals surface area contributed by atoms with E-state index in [9.17, 15) is 5.11 Å². The van der Waals surface area contributed by atoms with Crippen molar-refractivity contribution in [3.63, 3.8) is 0 Å².